The van der Waals surface area contributed by atoms with E-state index in [-0.39, 0.29) is 5.91 Å². The molecule has 0 saturated heterocycles. The van der Waals surface area contributed by atoms with E-state index in [0.717, 1.165) is 23.5 Å². The van der Waals surface area contributed by atoms with Gasteiger partial charge in [0.15, 0.2) is 0 Å². The summed E-state index contributed by atoms with van der Waals surface area (Å²) in [6.07, 6.45) is 2.68. The molecular weight excluding hydrogens is 304 g/mol. The molecular formula is C19H24N2OS. The van der Waals surface area contributed by atoms with Gasteiger partial charge in [0.05, 0.1) is 17.1 Å². The fraction of sp³-hybridized carbons (Fsp3) is 0.474. The van der Waals surface area contributed by atoms with Crippen molar-refractivity contribution in [2.24, 2.45) is 0 Å². The number of aromatic nitrogens is 1. The minimum Gasteiger partial charge on any atom is -0.335 e. The van der Waals surface area contributed by atoms with Gasteiger partial charge in [-0.25, -0.2) is 4.98 Å². The third kappa shape index (κ3) is 4.20. The van der Waals surface area contributed by atoms with Crippen LogP contribution in [0.3, 0.4) is 0 Å². The number of hydrogen-bond donors (Lipinski definition) is 0. The molecule has 0 atom stereocenters. The molecule has 0 N–H and O–H groups in total. The van der Waals surface area contributed by atoms with Crippen LogP contribution >= 0.6 is 11.3 Å². The van der Waals surface area contributed by atoms with E-state index >= 15 is 0 Å². The maximum absolute atomic E-state index is 12.7. The van der Waals surface area contributed by atoms with Crippen LogP contribution in [-0.4, -0.2) is 21.8 Å². The van der Waals surface area contributed by atoms with Gasteiger partial charge in [-0.2, -0.15) is 0 Å². The minimum atomic E-state index is 0.200. The molecule has 0 aliphatic heterocycles. The quantitative estimate of drug-likeness (QED) is 0.792. The monoisotopic (exact) mass is 328 g/mol. The average molecular weight is 328 g/mol. The first kappa shape index (κ1) is 16.2. The van der Waals surface area contributed by atoms with Crippen LogP contribution in [0.2, 0.25) is 0 Å². The van der Waals surface area contributed by atoms with Gasteiger partial charge in [-0.1, -0.05) is 38.1 Å². The van der Waals surface area contributed by atoms with Gasteiger partial charge < -0.3 is 4.90 Å². The molecule has 1 fully saturated rings. The smallest absolute Gasteiger partial charge is 0.229 e. The van der Waals surface area contributed by atoms with Crippen LogP contribution in [0.15, 0.2) is 29.6 Å². The van der Waals surface area contributed by atoms with Crippen molar-refractivity contribution in [3.63, 3.8) is 0 Å². The van der Waals surface area contributed by atoms with E-state index in [9.17, 15) is 4.79 Å². The highest BCUT2D eigenvalue weighted by molar-refractivity contribution is 7.09. The second kappa shape index (κ2) is 6.83. The van der Waals surface area contributed by atoms with Gasteiger partial charge in [-0.3, -0.25) is 4.79 Å². The summed E-state index contributed by atoms with van der Waals surface area (Å²) in [5.74, 6) is 0.740. The van der Waals surface area contributed by atoms with Gasteiger partial charge in [-0.05, 0) is 36.8 Å². The first-order chi connectivity index (χ1) is 11.0. The molecule has 3 nitrogen and oxygen atoms in total. The lowest BCUT2D eigenvalue weighted by molar-refractivity contribution is -0.131. The number of nitrogens with zero attached hydrogens (tertiary/aromatic N) is 2. The Morgan fingerprint density at radius 3 is 2.52 bits per heavy atom. The molecule has 0 radical (unpaired) electrons. The zero-order chi connectivity index (χ0) is 16.4. The predicted octanol–water partition coefficient (Wildman–Crippen LogP) is 4.31. The van der Waals surface area contributed by atoms with E-state index in [1.54, 1.807) is 11.3 Å². The molecule has 1 aromatic carbocycles. The molecule has 0 bridgehead atoms. The second-order valence-corrected chi connectivity index (χ2v) is 7.75. The lowest BCUT2D eigenvalue weighted by Crippen LogP contribution is -2.33. The summed E-state index contributed by atoms with van der Waals surface area (Å²) in [6, 6.07) is 9.10. The number of amides is 1. The van der Waals surface area contributed by atoms with E-state index in [1.165, 1.54) is 11.1 Å². The lowest BCUT2D eigenvalue weighted by Gasteiger charge is -2.22. The molecule has 23 heavy (non-hydrogen) atoms. The zero-order valence-corrected chi connectivity index (χ0v) is 14.9. The molecule has 1 aromatic heterocycles. The van der Waals surface area contributed by atoms with Crippen molar-refractivity contribution >= 4 is 17.2 Å². The van der Waals surface area contributed by atoms with Crippen LogP contribution in [0.25, 0.3) is 0 Å². The van der Waals surface area contributed by atoms with Crippen molar-refractivity contribution in [1.29, 1.82) is 0 Å². The van der Waals surface area contributed by atoms with Crippen molar-refractivity contribution in [3.8, 4) is 0 Å². The first-order valence-corrected chi connectivity index (χ1v) is 9.20. The number of carbonyl (C=O) groups is 1. The van der Waals surface area contributed by atoms with Gasteiger partial charge >= 0.3 is 0 Å². The third-order valence-corrected chi connectivity index (χ3v) is 5.13. The number of aryl methyl sites for hydroxylation is 1. The summed E-state index contributed by atoms with van der Waals surface area (Å²) in [5, 5.41) is 3.02. The van der Waals surface area contributed by atoms with Crippen molar-refractivity contribution in [3.05, 3.63) is 51.5 Å². The van der Waals surface area contributed by atoms with E-state index in [2.05, 4.69) is 43.1 Å². The summed E-state index contributed by atoms with van der Waals surface area (Å²) >= 11 is 1.61. The number of carbonyl (C=O) groups excluding carboxylic acids is 1. The predicted molar refractivity (Wildman–Crippen MR) is 94.7 cm³/mol. The lowest BCUT2D eigenvalue weighted by atomic mass is 10.0. The Labute approximate surface area is 142 Å². The van der Waals surface area contributed by atoms with Crippen molar-refractivity contribution in [2.45, 2.75) is 58.5 Å². The van der Waals surface area contributed by atoms with Gasteiger partial charge in [0.1, 0.15) is 0 Å². The molecule has 122 valence electrons. The van der Waals surface area contributed by atoms with Gasteiger partial charge in [-0.15, -0.1) is 11.3 Å². The topological polar surface area (TPSA) is 33.2 Å². The Hall–Kier alpha value is -1.68. The van der Waals surface area contributed by atoms with E-state index in [1.807, 2.05) is 17.2 Å². The summed E-state index contributed by atoms with van der Waals surface area (Å²) in [6.45, 7) is 7.09. The normalized spacial score (nSPS) is 14.3. The summed E-state index contributed by atoms with van der Waals surface area (Å²) in [4.78, 5) is 19.1. The minimum absolute atomic E-state index is 0.200. The Morgan fingerprint density at radius 2 is 2.00 bits per heavy atom. The van der Waals surface area contributed by atoms with Crippen molar-refractivity contribution < 1.29 is 4.79 Å². The molecule has 1 saturated carbocycles. The molecule has 3 rings (SSSR count). The second-order valence-electron chi connectivity index (χ2n) is 6.68. The molecule has 1 amide bonds. The van der Waals surface area contributed by atoms with Crippen LogP contribution in [0, 0.1) is 6.92 Å². The maximum atomic E-state index is 12.7. The molecule has 1 aliphatic carbocycles. The SMILES string of the molecule is Cc1nc(CC(=O)N(Cc2ccc(C(C)C)cc2)C2CC2)cs1. The molecule has 1 heterocycles. The number of benzene rings is 1. The van der Waals surface area contributed by atoms with Crippen LogP contribution in [0.1, 0.15) is 54.4 Å². The standard InChI is InChI=1S/C19H24N2OS/c1-13(2)16-6-4-15(5-7-16)11-21(18-8-9-18)19(22)10-17-12-23-14(3)20-17/h4-7,12-13,18H,8-11H2,1-3H3. The Kier molecular flexibility index (Phi) is 4.81. The average Bonchev–Trinajstić information content (AvgIpc) is 3.28. The molecule has 2 aromatic rings. The molecule has 0 spiro atoms. The molecule has 4 heteroatoms. The largest absolute Gasteiger partial charge is 0.335 e. The van der Waals surface area contributed by atoms with E-state index in [4.69, 9.17) is 0 Å². The Balaban J connectivity index is 1.67. The Bertz CT molecular complexity index is 671. The maximum Gasteiger partial charge on any atom is 0.229 e. The molecule has 1 aliphatic rings. The summed E-state index contributed by atoms with van der Waals surface area (Å²) < 4.78 is 0. The highest BCUT2D eigenvalue weighted by Crippen LogP contribution is 2.29. The van der Waals surface area contributed by atoms with Gasteiger partial charge in [0.25, 0.3) is 0 Å². The Morgan fingerprint density at radius 1 is 1.30 bits per heavy atom. The molecule has 0 unspecified atom stereocenters. The van der Waals surface area contributed by atoms with E-state index in [0.29, 0.717) is 24.9 Å². The number of hydrogen-bond acceptors (Lipinski definition) is 3. The van der Waals surface area contributed by atoms with Crippen molar-refractivity contribution in [1.82, 2.24) is 9.88 Å². The number of thiazole rings is 1. The van der Waals surface area contributed by atoms with Crippen LogP contribution < -0.4 is 0 Å². The highest BCUT2D eigenvalue weighted by atomic mass is 32.1. The first-order valence-electron chi connectivity index (χ1n) is 8.32. The van der Waals surface area contributed by atoms with Gasteiger partial charge in [0, 0.05) is 18.0 Å². The fourth-order valence-corrected chi connectivity index (χ4v) is 3.37. The number of rotatable bonds is 6. The van der Waals surface area contributed by atoms with E-state index < -0.39 is 0 Å². The van der Waals surface area contributed by atoms with Crippen LogP contribution in [-0.2, 0) is 17.8 Å². The highest BCUT2D eigenvalue weighted by Gasteiger charge is 2.32. The zero-order valence-electron chi connectivity index (χ0n) is 14.1. The van der Waals surface area contributed by atoms with Crippen LogP contribution in [0.5, 0.6) is 0 Å². The fourth-order valence-electron chi connectivity index (χ4n) is 2.76. The third-order valence-electron chi connectivity index (χ3n) is 4.31. The summed E-state index contributed by atoms with van der Waals surface area (Å²) in [7, 11) is 0. The van der Waals surface area contributed by atoms with Crippen molar-refractivity contribution in [2.75, 3.05) is 0 Å². The van der Waals surface area contributed by atoms with Crippen LogP contribution in [0.4, 0.5) is 0 Å². The summed E-state index contributed by atoms with van der Waals surface area (Å²) in [5.41, 5.74) is 3.46. The van der Waals surface area contributed by atoms with Gasteiger partial charge in [0.2, 0.25) is 5.91 Å².